The maximum Gasteiger partial charge on any atom is 0.160 e. The highest BCUT2D eigenvalue weighted by molar-refractivity contribution is 5.17. The fraction of sp³-hybridized carbons (Fsp3) is 0.727. The van der Waals surface area contributed by atoms with Gasteiger partial charge < -0.3 is 5.11 Å². The first-order chi connectivity index (χ1) is 7.81. The van der Waals surface area contributed by atoms with Gasteiger partial charge in [0, 0.05) is 13.1 Å². The lowest BCUT2D eigenvalue weighted by atomic mass is 10.1. The van der Waals surface area contributed by atoms with Crippen LogP contribution in [-0.2, 0) is 6.42 Å². The van der Waals surface area contributed by atoms with Gasteiger partial charge in [0.25, 0.3) is 0 Å². The molecule has 0 amide bonds. The molecule has 1 aromatic heterocycles. The number of hydrazine groups is 1. The maximum absolute atomic E-state index is 10.0. The van der Waals surface area contributed by atoms with E-state index in [4.69, 9.17) is 0 Å². The highest BCUT2D eigenvalue weighted by atomic mass is 16.3. The van der Waals surface area contributed by atoms with E-state index in [0.717, 1.165) is 30.8 Å². The molecule has 1 saturated heterocycles. The van der Waals surface area contributed by atoms with Crippen molar-refractivity contribution in [3.8, 4) is 0 Å². The zero-order valence-corrected chi connectivity index (χ0v) is 9.74. The summed E-state index contributed by atoms with van der Waals surface area (Å²) in [7, 11) is 0. The first-order valence-electron chi connectivity index (χ1n) is 6.02. The van der Waals surface area contributed by atoms with Crippen LogP contribution in [0.25, 0.3) is 0 Å². The van der Waals surface area contributed by atoms with Gasteiger partial charge in [-0.3, -0.25) is 5.10 Å². The molecular weight excluding hydrogens is 204 g/mol. The smallest absolute Gasteiger partial charge is 0.160 e. The molecule has 5 heteroatoms. The summed E-state index contributed by atoms with van der Waals surface area (Å²) in [6.45, 7) is 4.07. The molecule has 0 bridgehead atoms. The van der Waals surface area contributed by atoms with Crippen LogP contribution in [-0.4, -0.2) is 33.4 Å². The fourth-order valence-electron chi connectivity index (χ4n) is 2.10. The number of H-pyrrole nitrogens is 1. The number of aryl methyl sites for hydroxylation is 1. The Morgan fingerprint density at radius 1 is 1.50 bits per heavy atom. The lowest BCUT2D eigenvalue weighted by Crippen LogP contribution is -2.43. The summed E-state index contributed by atoms with van der Waals surface area (Å²) in [6.07, 6.45) is 5.67. The molecule has 0 aliphatic carbocycles. The van der Waals surface area contributed by atoms with Gasteiger partial charge >= 0.3 is 0 Å². The molecule has 1 atom stereocenters. The first kappa shape index (κ1) is 11.6. The number of aromatic amines is 1. The second-order valence-electron chi connectivity index (χ2n) is 4.24. The second kappa shape index (κ2) is 5.43. The molecule has 1 aromatic rings. The molecule has 90 valence electrons. The molecule has 1 unspecified atom stereocenters. The van der Waals surface area contributed by atoms with Crippen LogP contribution in [0.1, 0.15) is 43.7 Å². The van der Waals surface area contributed by atoms with Crippen molar-refractivity contribution in [3.63, 3.8) is 0 Å². The summed E-state index contributed by atoms with van der Waals surface area (Å²) in [4.78, 5) is 0. The monoisotopic (exact) mass is 224 g/mol. The molecule has 16 heavy (non-hydrogen) atoms. The molecule has 2 rings (SSSR count). The summed E-state index contributed by atoms with van der Waals surface area (Å²) in [5.74, 6) is 0. The number of hydrogen-bond acceptors (Lipinski definition) is 4. The predicted octanol–water partition coefficient (Wildman–Crippen LogP) is 0.954. The number of hydrogen-bond donors (Lipinski definition) is 3. The van der Waals surface area contributed by atoms with Crippen molar-refractivity contribution in [3.05, 3.63) is 17.5 Å². The lowest BCUT2D eigenvalue weighted by molar-refractivity contribution is 0.0201. The zero-order valence-electron chi connectivity index (χ0n) is 9.74. The van der Waals surface area contributed by atoms with Crippen molar-refractivity contribution in [1.29, 1.82) is 0 Å². The zero-order chi connectivity index (χ0) is 11.4. The molecule has 0 radical (unpaired) electrons. The third kappa shape index (κ3) is 2.61. The molecule has 0 aromatic carbocycles. The third-order valence-corrected chi connectivity index (χ3v) is 3.07. The van der Waals surface area contributed by atoms with Crippen molar-refractivity contribution >= 4 is 0 Å². The van der Waals surface area contributed by atoms with Crippen LogP contribution < -0.4 is 5.43 Å². The molecule has 3 N–H and O–H groups in total. The molecule has 0 spiro atoms. The van der Waals surface area contributed by atoms with E-state index in [1.165, 1.54) is 19.3 Å². The highest BCUT2D eigenvalue weighted by Crippen LogP contribution is 2.15. The van der Waals surface area contributed by atoms with Crippen LogP contribution >= 0.6 is 0 Å². The van der Waals surface area contributed by atoms with Crippen LogP contribution in [0.2, 0.25) is 0 Å². The Hall–Kier alpha value is -0.910. The number of nitrogens with one attached hydrogen (secondary N) is 2. The summed E-state index contributed by atoms with van der Waals surface area (Å²) in [5, 5.41) is 19.0. The first-order valence-corrected chi connectivity index (χ1v) is 6.02. The van der Waals surface area contributed by atoms with E-state index < -0.39 is 6.23 Å². The van der Waals surface area contributed by atoms with E-state index in [1.54, 1.807) is 6.20 Å². The average molecular weight is 224 g/mol. The predicted molar refractivity (Wildman–Crippen MR) is 61.5 cm³/mol. The number of rotatable bonds is 4. The van der Waals surface area contributed by atoms with Crippen LogP contribution in [0.3, 0.4) is 0 Å². The van der Waals surface area contributed by atoms with E-state index in [0.29, 0.717) is 0 Å². The largest absolute Gasteiger partial charge is 0.371 e. The van der Waals surface area contributed by atoms with Crippen LogP contribution in [0, 0.1) is 0 Å². The Kier molecular flexibility index (Phi) is 3.93. The van der Waals surface area contributed by atoms with Gasteiger partial charge in [-0.25, -0.2) is 10.4 Å². The number of piperidine rings is 1. The molecule has 0 saturated carbocycles. The molecular formula is C11H20N4O. The average Bonchev–Trinajstić information content (AvgIpc) is 2.78. The normalized spacial score (nSPS) is 19.9. The standard InChI is InChI=1S/C11H20N4O/c1-2-9-8-12-13-10(9)11(16)14-15-6-4-3-5-7-15/h8,11,14,16H,2-7H2,1H3,(H,12,13). The van der Waals surface area contributed by atoms with Crippen molar-refractivity contribution in [2.45, 2.75) is 38.8 Å². The third-order valence-electron chi connectivity index (χ3n) is 3.07. The fourth-order valence-corrected chi connectivity index (χ4v) is 2.10. The van der Waals surface area contributed by atoms with Gasteiger partial charge in [0.15, 0.2) is 6.23 Å². The Balaban J connectivity index is 1.93. The number of aliphatic hydroxyl groups excluding tert-OH is 1. The summed E-state index contributed by atoms with van der Waals surface area (Å²) in [6, 6.07) is 0. The van der Waals surface area contributed by atoms with E-state index >= 15 is 0 Å². The topological polar surface area (TPSA) is 64.2 Å². The van der Waals surface area contributed by atoms with Gasteiger partial charge in [-0.2, -0.15) is 5.10 Å². The minimum Gasteiger partial charge on any atom is -0.371 e. The number of aliphatic hydroxyl groups is 1. The molecule has 2 heterocycles. The summed E-state index contributed by atoms with van der Waals surface area (Å²) < 4.78 is 0. The van der Waals surface area contributed by atoms with Crippen molar-refractivity contribution in [2.24, 2.45) is 0 Å². The summed E-state index contributed by atoms with van der Waals surface area (Å²) in [5.41, 5.74) is 4.97. The van der Waals surface area contributed by atoms with Gasteiger partial charge in [0.05, 0.1) is 11.9 Å². The van der Waals surface area contributed by atoms with E-state index in [9.17, 15) is 5.11 Å². The Labute approximate surface area is 95.8 Å². The van der Waals surface area contributed by atoms with Gasteiger partial charge in [-0.1, -0.05) is 13.3 Å². The quantitative estimate of drug-likeness (QED) is 0.666. The summed E-state index contributed by atoms with van der Waals surface area (Å²) >= 11 is 0. The van der Waals surface area contributed by atoms with Gasteiger partial charge in [0.2, 0.25) is 0 Å². The lowest BCUT2D eigenvalue weighted by Gasteiger charge is -2.29. The minimum atomic E-state index is -0.671. The molecule has 1 fully saturated rings. The Morgan fingerprint density at radius 2 is 2.25 bits per heavy atom. The van der Waals surface area contributed by atoms with E-state index in [-0.39, 0.29) is 0 Å². The van der Waals surface area contributed by atoms with Gasteiger partial charge in [-0.15, -0.1) is 0 Å². The Morgan fingerprint density at radius 3 is 2.94 bits per heavy atom. The highest BCUT2D eigenvalue weighted by Gasteiger charge is 2.17. The van der Waals surface area contributed by atoms with Crippen molar-refractivity contribution < 1.29 is 5.11 Å². The van der Waals surface area contributed by atoms with Crippen LogP contribution in [0.4, 0.5) is 0 Å². The molecule has 1 aliphatic rings. The SMILES string of the molecule is CCc1cn[nH]c1C(O)NN1CCCCC1. The van der Waals surface area contributed by atoms with Gasteiger partial charge in [0.1, 0.15) is 0 Å². The minimum absolute atomic E-state index is 0.671. The maximum atomic E-state index is 10.0. The molecule has 1 aliphatic heterocycles. The number of nitrogens with zero attached hydrogens (tertiary/aromatic N) is 2. The van der Waals surface area contributed by atoms with Crippen molar-refractivity contribution in [2.75, 3.05) is 13.1 Å². The van der Waals surface area contributed by atoms with E-state index in [1.807, 2.05) is 0 Å². The number of aromatic nitrogens is 2. The van der Waals surface area contributed by atoms with Crippen molar-refractivity contribution in [1.82, 2.24) is 20.6 Å². The van der Waals surface area contributed by atoms with E-state index in [2.05, 4.69) is 27.6 Å². The van der Waals surface area contributed by atoms with Crippen LogP contribution in [0.15, 0.2) is 6.20 Å². The van der Waals surface area contributed by atoms with Gasteiger partial charge in [-0.05, 0) is 24.8 Å². The second-order valence-corrected chi connectivity index (χ2v) is 4.24. The van der Waals surface area contributed by atoms with Crippen LogP contribution in [0.5, 0.6) is 0 Å². The molecule has 5 nitrogen and oxygen atoms in total. The Bertz CT molecular complexity index is 320.